The molecular formula is C11H14N2O4. The summed E-state index contributed by atoms with van der Waals surface area (Å²) in [6, 6.07) is 3.66. The molecule has 1 aromatic rings. The molecule has 0 radical (unpaired) electrons. The van der Waals surface area contributed by atoms with Crippen LogP contribution in [-0.4, -0.2) is 35.6 Å². The van der Waals surface area contributed by atoms with Crippen LogP contribution in [0.5, 0.6) is 11.5 Å². The van der Waals surface area contributed by atoms with Gasteiger partial charge in [-0.3, -0.25) is 9.59 Å². The molecule has 1 aromatic carbocycles. The van der Waals surface area contributed by atoms with Crippen LogP contribution in [0.1, 0.15) is 16.8 Å². The maximum atomic E-state index is 11.6. The lowest BCUT2D eigenvalue weighted by atomic mass is 10.1. The summed E-state index contributed by atoms with van der Waals surface area (Å²) in [4.78, 5) is 22.5. The van der Waals surface area contributed by atoms with E-state index in [0.29, 0.717) is 0 Å². The van der Waals surface area contributed by atoms with Crippen LogP contribution < -0.4 is 10.6 Å². The number of amides is 2. The molecule has 0 aliphatic heterocycles. The monoisotopic (exact) mass is 238 g/mol. The number of carbonyl (C=O) groups excluding carboxylic acids is 2. The van der Waals surface area contributed by atoms with Gasteiger partial charge in [0.25, 0.3) is 5.91 Å². The summed E-state index contributed by atoms with van der Waals surface area (Å²) in [6.45, 7) is 0.160. The van der Waals surface area contributed by atoms with Gasteiger partial charge in [-0.15, -0.1) is 0 Å². The highest BCUT2D eigenvalue weighted by molar-refractivity contribution is 5.97. The minimum Gasteiger partial charge on any atom is -0.508 e. The molecule has 17 heavy (non-hydrogen) atoms. The second-order valence-electron chi connectivity index (χ2n) is 3.38. The second-order valence-corrected chi connectivity index (χ2v) is 3.38. The van der Waals surface area contributed by atoms with Crippen LogP contribution in [0, 0.1) is 0 Å². The fraction of sp³-hybridized carbons (Fsp3) is 0.273. The lowest BCUT2D eigenvalue weighted by Gasteiger charge is -2.06. The lowest BCUT2D eigenvalue weighted by molar-refractivity contribution is -0.120. The molecule has 0 bridgehead atoms. The molecule has 2 amide bonds. The third kappa shape index (κ3) is 3.67. The Morgan fingerprint density at radius 1 is 1.29 bits per heavy atom. The molecule has 0 fully saturated rings. The zero-order chi connectivity index (χ0) is 12.8. The number of carbonyl (C=O) groups is 2. The summed E-state index contributed by atoms with van der Waals surface area (Å²) >= 11 is 0. The molecule has 6 heteroatoms. The van der Waals surface area contributed by atoms with E-state index in [2.05, 4.69) is 10.6 Å². The Morgan fingerprint density at radius 3 is 2.65 bits per heavy atom. The molecule has 0 saturated heterocycles. The largest absolute Gasteiger partial charge is 0.508 e. The molecule has 0 unspecified atom stereocenters. The van der Waals surface area contributed by atoms with Gasteiger partial charge in [0.2, 0.25) is 5.91 Å². The fourth-order valence-corrected chi connectivity index (χ4v) is 1.22. The first kappa shape index (κ1) is 12.8. The van der Waals surface area contributed by atoms with Crippen molar-refractivity contribution in [2.24, 2.45) is 0 Å². The van der Waals surface area contributed by atoms with Gasteiger partial charge in [-0.25, -0.2) is 0 Å². The average molecular weight is 238 g/mol. The molecule has 0 aliphatic rings. The molecule has 0 spiro atoms. The summed E-state index contributed by atoms with van der Waals surface area (Å²) in [5.41, 5.74) is -0.0260. The number of nitrogens with one attached hydrogen (secondary N) is 2. The summed E-state index contributed by atoms with van der Waals surface area (Å²) in [6.07, 6.45) is 0.155. The van der Waals surface area contributed by atoms with Crippen molar-refractivity contribution >= 4 is 11.8 Å². The molecular weight excluding hydrogens is 224 g/mol. The van der Waals surface area contributed by atoms with Gasteiger partial charge in [0.05, 0.1) is 5.56 Å². The molecule has 1 rings (SSSR count). The average Bonchev–Trinajstić information content (AvgIpc) is 2.31. The van der Waals surface area contributed by atoms with Gasteiger partial charge in [-0.05, 0) is 18.2 Å². The highest BCUT2D eigenvalue weighted by Gasteiger charge is 2.11. The van der Waals surface area contributed by atoms with Crippen molar-refractivity contribution in [2.45, 2.75) is 6.42 Å². The van der Waals surface area contributed by atoms with Gasteiger partial charge in [0.1, 0.15) is 11.5 Å². The van der Waals surface area contributed by atoms with Gasteiger partial charge in [0.15, 0.2) is 0 Å². The van der Waals surface area contributed by atoms with E-state index in [1.165, 1.54) is 19.2 Å². The van der Waals surface area contributed by atoms with E-state index in [9.17, 15) is 19.8 Å². The SMILES string of the molecule is CNC(=O)CCNC(=O)c1cc(O)ccc1O. The predicted octanol–water partition coefficient (Wildman–Crippen LogP) is -0.0363. The van der Waals surface area contributed by atoms with E-state index in [1.54, 1.807) is 0 Å². The van der Waals surface area contributed by atoms with E-state index in [0.717, 1.165) is 6.07 Å². The van der Waals surface area contributed by atoms with Crippen molar-refractivity contribution in [1.82, 2.24) is 10.6 Å². The van der Waals surface area contributed by atoms with E-state index in [-0.39, 0.29) is 35.9 Å². The van der Waals surface area contributed by atoms with Crippen molar-refractivity contribution in [2.75, 3.05) is 13.6 Å². The molecule has 0 aliphatic carbocycles. The van der Waals surface area contributed by atoms with Crippen molar-refractivity contribution < 1.29 is 19.8 Å². The molecule has 4 N–H and O–H groups in total. The third-order valence-electron chi connectivity index (χ3n) is 2.14. The topological polar surface area (TPSA) is 98.7 Å². The van der Waals surface area contributed by atoms with Crippen LogP contribution in [-0.2, 0) is 4.79 Å². The minimum absolute atomic E-state index is 0.0260. The number of phenols is 2. The molecule has 6 nitrogen and oxygen atoms in total. The lowest BCUT2D eigenvalue weighted by Crippen LogP contribution is -2.29. The molecule has 0 saturated carbocycles. The fourth-order valence-electron chi connectivity index (χ4n) is 1.22. The summed E-state index contributed by atoms with van der Waals surface area (Å²) in [7, 11) is 1.51. The van der Waals surface area contributed by atoms with E-state index >= 15 is 0 Å². The first-order valence-electron chi connectivity index (χ1n) is 5.05. The Labute approximate surface area is 98.3 Å². The first-order chi connectivity index (χ1) is 8.04. The van der Waals surface area contributed by atoms with E-state index in [1.807, 2.05) is 0 Å². The number of aromatic hydroxyl groups is 2. The maximum Gasteiger partial charge on any atom is 0.255 e. The van der Waals surface area contributed by atoms with Crippen LogP contribution in [0.15, 0.2) is 18.2 Å². The smallest absolute Gasteiger partial charge is 0.255 e. The standard InChI is InChI=1S/C11H14N2O4/c1-12-10(16)4-5-13-11(17)8-6-7(14)2-3-9(8)15/h2-3,6,14-15H,4-5H2,1H3,(H,12,16)(H,13,17). The van der Waals surface area contributed by atoms with Crippen molar-refractivity contribution in [3.63, 3.8) is 0 Å². The van der Waals surface area contributed by atoms with E-state index < -0.39 is 5.91 Å². The zero-order valence-corrected chi connectivity index (χ0v) is 9.36. The Kier molecular flexibility index (Phi) is 4.33. The maximum absolute atomic E-state index is 11.6. The van der Waals surface area contributed by atoms with Crippen LogP contribution in [0.4, 0.5) is 0 Å². The Hall–Kier alpha value is -2.24. The van der Waals surface area contributed by atoms with Crippen molar-refractivity contribution in [3.8, 4) is 11.5 Å². The number of rotatable bonds is 4. The van der Waals surface area contributed by atoms with Gasteiger partial charge < -0.3 is 20.8 Å². The normalized spacial score (nSPS) is 9.71. The number of hydrogen-bond acceptors (Lipinski definition) is 4. The van der Waals surface area contributed by atoms with Crippen molar-refractivity contribution in [3.05, 3.63) is 23.8 Å². The Balaban J connectivity index is 2.58. The number of phenolic OH excluding ortho intramolecular Hbond substituents is 2. The van der Waals surface area contributed by atoms with Crippen LogP contribution in [0.2, 0.25) is 0 Å². The van der Waals surface area contributed by atoms with E-state index in [4.69, 9.17) is 0 Å². The van der Waals surface area contributed by atoms with Gasteiger partial charge in [0, 0.05) is 20.0 Å². The summed E-state index contributed by atoms with van der Waals surface area (Å²) < 4.78 is 0. The highest BCUT2D eigenvalue weighted by Crippen LogP contribution is 2.21. The summed E-state index contributed by atoms with van der Waals surface area (Å²) in [5, 5.41) is 23.5. The third-order valence-corrected chi connectivity index (χ3v) is 2.14. The Morgan fingerprint density at radius 2 is 2.00 bits per heavy atom. The number of benzene rings is 1. The second kappa shape index (κ2) is 5.74. The van der Waals surface area contributed by atoms with Gasteiger partial charge in [-0.1, -0.05) is 0 Å². The zero-order valence-electron chi connectivity index (χ0n) is 9.36. The van der Waals surface area contributed by atoms with Crippen LogP contribution in [0.25, 0.3) is 0 Å². The van der Waals surface area contributed by atoms with Crippen LogP contribution >= 0.6 is 0 Å². The molecule has 92 valence electrons. The highest BCUT2D eigenvalue weighted by atomic mass is 16.3. The molecule has 0 aromatic heterocycles. The minimum atomic E-state index is -0.540. The molecule has 0 atom stereocenters. The predicted molar refractivity (Wildman–Crippen MR) is 60.8 cm³/mol. The molecule has 0 heterocycles. The van der Waals surface area contributed by atoms with Crippen LogP contribution in [0.3, 0.4) is 0 Å². The van der Waals surface area contributed by atoms with Gasteiger partial charge in [-0.2, -0.15) is 0 Å². The number of hydrogen-bond donors (Lipinski definition) is 4. The van der Waals surface area contributed by atoms with Gasteiger partial charge >= 0.3 is 0 Å². The Bertz CT molecular complexity index is 431. The quantitative estimate of drug-likeness (QED) is 0.553. The first-order valence-corrected chi connectivity index (χ1v) is 5.05. The summed E-state index contributed by atoms with van der Waals surface area (Å²) in [5.74, 6) is -1.06. The van der Waals surface area contributed by atoms with Crippen molar-refractivity contribution in [1.29, 1.82) is 0 Å².